The van der Waals surface area contributed by atoms with Gasteiger partial charge in [0.2, 0.25) is 0 Å². The van der Waals surface area contributed by atoms with Gasteiger partial charge in [-0.3, -0.25) is 0 Å². The monoisotopic (exact) mass is 626 g/mol. The first-order valence-corrected chi connectivity index (χ1v) is 16.3. The molecule has 228 valence electrons. The van der Waals surface area contributed by atoms with E-state index in [1.54, 1.807) is 0 Å². The van der Waals surface area contributed by atoms with E-state index >= 15 is 0 Å². The van der Waals surface area contributed by atoms with Crippen LogP contribution in [-0.4, -0.2) is 15.3 Å². The maximum Gasteiger partial charge on any atom is 0.145 e. The van der Waals surface area contributed by atoms with Gasteiger partial charge in [0.25, 0.3) is 0 Å². The Hall–Kier alpha value is -6.90. The van der Waals surface area contributed by atoms with Gasteiger partial charge in [0.05, 0.1) is 50.2 Å². The molecule has 0 saturated heterocycles. The van der Waals surface area contributed by atoms with Gasteiger partial charge in [-0.15, -0.1) is 0 Å². The first kappa shape index (κ1) is 27.2. The summed E-state index contributed by atoms with van der Waals surface area (Å²) in [4.78, 5) is 0. The summed E-state index contributed by atoms with van der Waals surface area (Å²) in [6, 6.07) is 52.5. The summed E-state index contributed by atoms with van der Waals surface area (Å²) in [5.41, 5.74) is 10.9. The van der Waals surface area contributed by atoms with Crippen LogP contribution in [-0.2, 0) is 0 Å². The highest BCUT2D eigenvalue weighted by atomic mass is 16.3. The van der Waals surface area contributed by atoms with Gasteiger partial charge in [-0.05, 0) is 66.2 Å². The minimum absolute atomic E-state index is 0.469. The van der Waals surface area contributed by atoms with Gasteiger partial charge in [0.1, 0.15) is 11.2 Å². The first-order chi connectivity index (χ1) is 24.2. The molecule has 3 aromatic heterocycles. The van der Waals surface area contributed by atoms with Gasteiger partial charge in [-0.2, -0.15) is 5.26 Å². The molecule has 5 nitrogen and oxygen atoms in total. The molecule has 0 aliphatic carbocycles. The van der Waals surface area contributed by atoms with Crippen LogP contribution in [0.25, 0.3) is 88.1 Å². The lowest BCUT2D eigenvalue weighted by atomic mass is 9.97. The van der Waals surface area contributed by atoms with E-state index in [1.165, 1.54) is 6.21 Å². The van der Waals surface area contributed by atoms with Crippen molar-refractivity contribution in [1.29, 1.82) is 10.7 Å². The van der Waals surface area contributed by atoms with Crippen LogP contribution in [0.2, 0.25) is 0 Å². The highest BCUT2D eigenvalue weighted by Crippen LogP contribution is 2.45. The second-order valence-electron chi connectivity index (χ2n) is 12.4. The third-order valence-electron chi connectivity index (χ3n) is 9.86. The van der Waals surface area contributed by atoms with E-state index in [4.69, 9.17) is 9.83 Å². The molecule has 0 atom stereocenters. The van der Waals surface area contributed by atoms with E-state index in [0.717, 1.165) is 88.1 Å². The predicted molar refractivity (Wildman–Crippen MR) is 200 cm³/mol. The molecule has 0 fully saturated rings. The molecule has 0 amide bonds. The van der Waals surface area contributed by atoms with Crippen molar-refractivity contribution in [1.82, 2.24) is 9.13 Å². The topological polar surface area (TPSA) is 70.6 Å². The van der Waals surface area contributed by atoms with Gasteiger partial charge in [-0.1, -0.05) is 84.9 Å². The van der Waals surface area contributed by atoms with Gasteiger partial charge in [-0.25, -0.2) is 0 Å². The largest absolute Gasteiger partial charge is 0.455 e. The maximum atomic E-state index is 10.0. The molecule has 10 aromatic rings. The third kappa shape index (κ3) is 3.77. The van der Waals surface area contributed by atoms with Crippen molar-refractivity contribution in [3.8, 4) is 28.6 Å². The van der Waals surface area contributed by atoms with Crippen molar-refractivity contribution in [3.63, 3.8) is 0 Å². The molecule has 0 spiro atoms. The lowest BCUT2D eigenvalue weighted by Crippen LogP contribution is -2.01. The minimum atomic E-state index is 0.469. The molecule has 0 radical (unpaired) electrons. The quantitative estimate of drug-likeness (QED) is 0.197. The van der Waals surface area contributed by atoms with Crippen LogP contribution in [0.1, 0.15) is 11.1 Å². The van der Waals surface area contributed by atoms with Crippen molar-refractivity contribution < 1.29 is 4.42 Å². The van der Waals surface area contributed by atoms with Gasteiger partial charge in [0.15, 0.2) is 0 Å². The fraction of sp³-hybridized carbons (Fsp3) is 0. The van der Waals surface area contributed by atoms with Gasteiger partial charge >= 0.3 is 0 Å². The smallest absolute Gasteiger partial charge is 0.145 e. The predicted octanol–water partition coefficient (Wildman–Crippen LogP) is 11.3. The van der Waals surface area contributed by atoms with Crippen LogP contribution in [0.4, 0.5) is 0 Å². The van der Waals surface area contributed by atoms with Crippen LogP contribution in [0.15, 0.2) is 150 Å². The van der Waals surface area contributed by atoms with E-state index in [0.29, 0.717) is 11.1 Å². The summed E-state index contributed by atoms with van der Waals surface area (Å²) >= 11 is 0. The molecule has 7 aromatic carbocycles. The highest BCUT2D eigenvalue weighted by Gasteiger charge is 2.23. The zero-order valence-electron chi connectivity index (χ0n) is 26.2. The number of nitrogens with one attached hydrogen (secondary N) is 1. The number of aromatic nitrogens is 2. The molecule has 1 N–H and O–H groups in total. The summed E-state index contributed by atoms with van der Waals surface area (Å²) in [5, 5.41) is 24.7. The molecule has 5 heteroatoms. The van der Waals surface area contributed by atoms with Crippen molar-refractivity contribution in [3.05, 3.63) is 157 Å². The molecule has 10 rings (SSSR count). The zero-order chi connectivity index (χ0) is 32.6. The number of fused-ring (bicyclic) bond motifs is 11. The Morgan fingerprint density at radius 3 is 1.71 bits per heavy atom. The number of nitrogens with zero attached hydrogens (tertiary/aromatic N) is 3. The van der Waals surface area contributed by atoms with Gasteiger partial charge in [0, 0.05) is 44.6 Å². The number of rotatable bonds is 4. The standard InChI is InChI=1S/C44H26N4O/c45-25-28-23-35(27-11-3-1-4-12-27)40(24-29(28)26-46)48-37-18-10-8-16-34(37)42-39(48)22-20-32-31-19-21-38-41(43(31)49-44(32)42)33-15-7-9-17-36(33)47(38)30-13-5-2-6-14-30/h1-24,26,46H. The Labute approximate surface area is 280 Å². The second kappa shape index (κ2) is 10.3. The van der Waals surface area contributed by atoms with Crippen molar-refractivity contribution in [2.45, 2.75) is 0 Å². The van der Waals surface area contributed by atoms with Crippen LogP contribution < -0.4 is 0 Å². The summed E-state index contributed by atoms with van der Waals surface area (Å²) < 4.78 is 11.7. The Morgan fingerprint density at radius 1 is 0.551 bits per heavy atom. The Morgan fingerprint density at radius 2 is 1.10 bits per heavy atom. The molecular formula is C44H26N4O. The number of hydrogen-bond donors (Lipinski definition) is 1. The summed E-state index contributed by atoms with van der Waals surface area (Å²) in [5.74, 6) is 0. The van der Waals surface area contributed by atoms with E-state index in [2.05, 4.69) is 124 Å². The number of hydrogen-bond acceptors (Lipinski definition) is 3. The van der Waals surface area contributed by atoms with Crippen LogP contribution in [0.5, 0.6) is 0 Å². The first-order valence-electron chi connectivity index (χ1n) is 16.3. The maximum absolute atomic E-state index is 10.0. The molecule has 49 heavy (non-hydrogen) atoms. The van der Waals surface area contributed by atoms with Crippen LogP contribution in [0.3, 0.4) is 0 Å². The second-order valence-corrected chi connectivity index (χ2v) is 12.4. The average Bonchev–Trinajstić information content (AvgIpc) is 3.82. The summed E-state index contributed by atoms with van der Waals surface area (Å²) in [7, 11) is 0. The van der Waals surface area contributed by atoms with Crippen molar-refractivity contribution in [2.24, 2.45) is 0 Å². The molecule has 0 unspecified atom stereocenters. The number of nitriles is 1. The summed E-state index contributed by atoms with van der Waals surface area (Å²) in [6.45, 7) is 0. The number of benzene rings is 7. The van der Waals surface area contributed by atoms with Crippen LogP contribution >= 0.6 is 0 Å². The fourth-order valence-corrected chi connectivity index (χ4v) is 7.77. The highest BCUT2D eigenvalue weighted by molar-refractivity contribution is 6.29. The third-order valence-corrected chi connectivity index (χ3v) is 9.86. The SMILES string of the molecule is N#Cc1cc(-c2ccccc2)c(-n2c3ccccc3c3c4oc5c(ccc6c5c5ccccc5n6-c5ccccc5)c4ccc32)cc1C=N. The van der Waals surface area contributed by atoms with Gasteiger partial charge < -0.3 is 19.0 Å². The van der Waals surface area contributed by atoms with E-state index in [1.807, 2.05) is 36.4 Å². The summed E-state index contributed by atoms with van der Waals surface area (Å²) in [6.07, 6.45) is 1.26. The lowest BCUT2D eigenvalue weighted by Gasteiger charge is -2.16. The minimum Gasteiger partial charge on any atom is -0.455 e. The Bertz CT molecular complexity index is 3010. The normalized spacial score (nSPS) is 11.7. The van der Waals surface area contributed by atoms with Crippen molar-refractivity contribution >= 4 is 71.8 Å². The molecule has 3 heterocycles. The van der Waals surface area contributed by atoms with Crippen molar-refractivity contribution in [2.75, 3.05) is 0 Å². The molecule has 0 aliphatic rings. The van der Waals surface area contributed by atoms with E-state index < -0.39 is 0 Å². The van der Waals surface area contributed by atoms with E-state index in [9.17, 15) is 5.26 Å². The molecule has 0 aliphatic heterocycles. The molecular weight excluding hydrogens is 601 g/mol. The number of furan rings is 1. The molecule has 0 saturated carbocycles. The molecule has 0 bridgehead atoms. The Kier molecular flexibility index (Phi) is 5.73. The number of para-hydroxylation sites is 3. The van der Waals surface area contributed by atoms with E-state index in [-0.39, 0.29) is 0 Å². The lowest BCUT2D eigenvalue weighted by molar-refractivity contribution is 0.677. The average molecular weight is 627 g/mol. The zero-order valence-corrected chi connectivity index (χ0v) is 26.2. The fourth-order valence-electron chi connectivity index (χ4n) is 7.77. The van der Waals surface area contributed by atoms with Crippen LogP contribution in [0, 0.1) is 16.7 Å². The Balaban J connectivity index is 1.34.